The normalized spacial score (nSPS) is 25.4. The molecule has 1 fully saturated rings. The smallest absolute Gasteiger partial charge is 0.222 e. The largest absolute Gasteiger partial charge is 0.470 e. The van der Waals surface area contributed by atoms with E-state index in [-0.39, 0.29) is 6.29 Å². The molecular formula is C7H10O2. The van der Waals surface area contributed by atoms with Gasteiger partial charge in [0.15, 0.2) is 0 Å². The molecule has 0 N–H and O–H groups in total. The summed E-state index contributed by atoms with van der Waals surface area (Å²) in [4.78, 5) is 0. The average molecular weight is 126 g/mol. The van der Waals surface area contributed by atoms with Crippen molar-refractivity contribution < 1.29 is 9.47 Å². The predicted octanol–water partition coefficient (Wildman–Crippen LogP) is 1.45. The van der Waals surface area contributed by atoms with Crippen molar-refractivity contribution in [2.24, 2.45) is 0 Å². The summed E-state index contributed by atoms with van der Waals surface area (Å²) in [5.41, 5.74) is 1.02. The molecule has 0 bridgehead atoms. The fraction of sp³-hybridized carbons (Fsp3) is 0.429. The molecule has 0 aromatic rings. The average Bonchev–Trinajstić information content (AvgIpc) is 2.65. The molecule has 0 aliphatic carbocycles. The molecule has 1 heterocycles. The Balaban J connectivity index is 2.19. The summed E-state index contributed by atoms with van der Waals surface area (Å²) in [5.74, 6) is 0. The van der Waals surface area contributed by atoms with E-state index in [1.807, 2.05) is 6.92 Å². The van der Waals surface area contributed by atoms with E-state index in [2.05, 4.69) is 6.58 Å². The van der Waals surface area contributed by atoms with Gasteiger partial charge in [-0.15, -0.1) is 0 Å². The monoisotopic (exact) mass is 126 g/mol. The third-order valence-corrected chi connectivity index (χ3v) is 1.03. The van der Waals surface area contributed by atoms with Crippen LogP contribution in [-0.2, 0) is 9.47 Å². The Kier molecular flexibility index (Phi) is 1.90. The van der Waals surface area contributed by atoms with E-state index in [0.29, 0.717) is 0 Å². The van der Waals surface area contributed by atoms with Crippen LogP contribution in [0.2, 0.25) is 0 Å². The standard InChI is InChI=1S/C7H10O2/c1-3-6(2)4-8-7-5-9-7/h3-4,7H,1,5H2,2H3. The lowest BCUT2D eigenvalue weighted by Crippen LogP contribution is -1.85. The minimum atomic E-state index is 0.0138. The van der Waals surface area contributed by atoms with E-state index in [1.165, 1.54) is 0 Å². The molecule has 1 unspecified atom stereocenters. The highest BCUT2D eigenvalue weighted by Crippen LogP contribution is 2.11. The second-order valence-electron chi connectivity index (χ2n) is 1.96. The number of epoxide rings is 1. The van der Waals surface area contributed by atoms with Gasteiger partial charge in [-0.25, -0.2) is 0 Å². The topological polar surface area (TPSA) is 21.8 Å². The van der Waals surface area contributed by atoms with Crippen LogP contribution < -0.4 is 0 Å². The van der Waals surface area contributed by atoms with Gasteiger partial charge in [0.25, 0.3) is 0 Å². The summed E-state index contributed by atoms with van der Waals surface area (Å²) >= 11 is 0. The van der Waals surface area contributed by atoms with Gasteiger partial charge in [-0.2, -0.15) is 0 Å². The van der Waals surface area contributed by atoms with Crippen molar-refractivity contribution in [3.8, 4) is 0 Å². The van der Waals surface area contributed by atoms with Crippen LogP contribution in [0.15, 0.2) is 24.5 Å². The number of allylic oxidation sites excluding steroid dienone is 2. The number of ether oxygens (including phenoxy) is 2. The molecule has 0 saturated carbocycles. The zero-order valence-electron chi connectivity index (χ0n) is 5.46. The fourth-order valence-electron chi connectivity index (χ4n) is 0.349. The SMILES string of the molecule is C=CC(C)=COC1CO1. The molecule has 1 atom stereocenters. The second-order valence-corrected chi connectivity index (χ2v) is 1.96. The predicted molar refractivity (Wildman–Crippen MR) is 34.8 cm³/mol. The first-order valence-corrected chi connectivity index (χ1v) is 2.89. The van der Waals surface area contributed by atoms with E-state index in [4.69, 9.17) is 9.47 Å². The molecule has 1 aliphatic heterocycles. The highest BCUT2D eigenvalue weighted by Gasteiger charge is 2.22. The summed E-state index contributed by atoms with van der Waals surface area (Å²) in [6.07, 6.45) is 3.41. The summed E-state index contributed by atoms with van der Waals surface area (Å²) in [6.45, 7) is 6.22. The maximum absolute atomic E-state index is 5.05. The van der Waals surface area contributed by atoms with Crippen molar-refractivity contribution in [2.75, 3.05) is 6.61 Å². The van der Waals surface area contributed by atoms with Crippen molar-refractivity contribution in [2.45, 2.75) is 13.2 Å². The number of hydrogen-bond donors (Lipinski definition) is 0. The summed E-state index contributed by atoms with van der Waals surface area (Å²) in [5, 5.41) is 0. The highest BCUT2D eigenvalue weighted by molar-refractivity contribution is 5.09. The van der Waals surface area contributed by atoms with Gasteiger partial charge in [0.1, 0.15) is 6.61 Å². The van der Waals surface area contributed by atoms with Crippen molar-refractivity contribution >= 4 is 0 Å². The van der Waals surface area contributed by atoms with Crippen LogP contribution in [0, 0.1) is 0 Å². The first-order chi connectivity index (χ1) is 4.33. The van der Waals surface area contributed by atoms with Crippen molar-refractivity contribution in [3.05, 3.63) is 24.5 Å². The third-order valence-electron chi connectivity index (χ3n) is 1.03. The minimum absolute atomic E-state index is 0.0138. The third kappa shape index (κ3) is 2.33. The van der Waals surface area contributed by atoms with Gasteiger partial charge < -0.3 is 9.47 Å². The molecule has 0 aromatic heterocycles. The van der Waals surface area contributed by atoms with Crippen LogP contribution in [0.5, 0.6) is 0 Å². The highest BCUT2D eigenvalue weighted by atomic mass is 16.8. The van der Waals surface area contributed by atoms with Crippen molar-refractivity contribution in [3.63, 3.8) is 0 Å². The molecule has 2 heteroatoms. The first-order valence-electron chi connectivity index (χ1n) is 2.89. The lowest BCUT2D eigenvalue weighted by molar-refractivity contribution is 0.130. The van der Waals surface area contributed by atoms with E-state index in [0.717, 1.165) is 12.2 Å². The molecule has 0 spiro atoms. The lowest BCUT2D eigenvalue weighted by Gasteiger charge is -1.92. The number of hydrogen-bond acceptors (Lipinski definition) is 2. The second kappa shape index (κ2) is 2.69. The first kappa shape index (κ1) is 6.36. The molecule has 1 rings (SSSR count). The van der Waals surface area contributed by atoms with E-state index < -0.39 is 0 Å². The Bertz CT molecular complexity index is 134. The zero-order chi connectivity index (χ0) is 6.69. The Hall–Kier alpha value is -0.760. The summed E-state index contributed by atoms with van der Waals surface area (Å²) in [7, 11) is 0. The van der Waals surface area contributed by atoms with Crippen LogP contribution in [-0.4, -0.2) is 12.9 Å². The molecule has 2 nitrogen and oxygen atoms in total. The Morgan fingerprint density at radius 2 is 2.56 bits per heavy atom. The fourth-order valence-corrected chi connectivity index (χ4v) is 0.349. The number of rotatable bonds is 3. The van der Waals surface area contributed by atoms with E-state index in [1.54, 1.807) is 12.3 Å². The maximum atomic E-state index is 5.05. The molecule has 0 aromatic carbocycles. The van der Waals surface area contributed by atoms with Crippen LogP contribution in [0.25, 0.3) is 0 Å². The Morgan fingerprint density at radius 1 is 1.89 bits per heavy atom. The van der Waals surface area contributed by atoms with Crippen LogP contribution in [0.3, 0.4) is 0 Å². The van der Waals surface area contributed by atoms with Gasteiger partial charge in [-0.05, 0) is 12.5 Å². The van der Waals surface area contributed by atoms with Gasteiger partial charge in [-0.1, -0.05) is 12.7 Å². The zero-order valence-corrected chi connectivity index (χ0v) is 5.46. The maximum Gasteiger partial charge on any atom is 0.222 e. The summed E-state index contributed by atoms with van der Waals surface area (Å²) < 4.78 is 9.85. The van der Waals surface area contributed by atoms with Crippen LogP contribution in [0.1, 0.15) is 6.92 Å². The Morgan fingerprint density at radius 3 is 3.00 bits per heavy atom. The van der Waals surface area contributed by atoms with E-state index in [9.17, 15) is 0 Å². The van der Waals surface area contributed by atoms with Gasteiger partial charge in [0, 0.05) is 0 Å². The molecule has 9 heavy (non-hydrogen) atoms. The summed E-state index contributed by atoms with van der Waals surface area (Å²) in [6, 6.07) is 0. The van der Waals surface area contributed by atoms with Gasteiger partial charge >= 0.3 is 0 Å². The van der Waals surface area contributed by atoms with Gasteiger partial charge in [-0.3, -0.25) is 0 Å². The van der Waals surface area contributed by atoms with Gasteiger partial charge in [0.2, 0.25) is 6.29 Å². The molecule has 50 valence electrons. The van der Waals surface area contributed by atoms with Gasteiger partial charge in [0.05, 0.1) is 6.26 Å². The van der Waals surface area contributed by atoms with E-state index >= 15 is 0 Å². The minimum Gasteiger partial charge on any atom is -0.470 e. The van der Waals surface area contributed by atoms with Crippen LogP contribution >= 0.6 is 0 Å². The Labute approximate surface area is 54.8 Å². The van der Waals surface area contributed by atoms with Crippen molar-refractivity contribution in [1.82, 2.24) is 0 Å². The quantitative estimate of drug-likeness (QED) is 0.324. The van der Waals surface area contributed by atoms with Crippen LogP contribution in [0.4, 0.5) is 0 Å². The molecule has 0 amide bonds. The molecule has 0 radical (unpaired) electrons. The molecule has 1 saturated heterocycles. The molecular weight excluding hydrogens is 116 g/mol. The van der Waals surface area contributed by atoms with Crippen molar-refractivity contribution in [1.29, 1.82) is 0 Å². The molecule has 1 aliphatic rings. The lowest BCUT2D eigenvalue weighted by atomic mass is 10.3.